The zero-order valence-electron chi connectivity index (χ0n) is 14.4. The summed E-state index contributed by atoms with van der Waals surface area (Å²) in [7, 11) is 0. The summed E-state index contributed by atoms with van der Waals surface area (Å²) in [4.78, 5) is 16.1. The fourth-order valence-electron chi connectivity index (χ4n) is 2.63. The summed E-state index contributed by atoms with van der Waals surface area (Å²) in [5.41, 5.74) is 1.54. The fraction of sp³-hybridized carbons (Fsp3) is 0.211. The van der Waals surface area contributed by atoms with E-state index in [4.69, 9.17) is 0 Å². The second-order valence-electron chi connectivity index (χ2n) is 6.09. The molecule has 0 bridgehead atoms. The van der Waals surface area contributed by atoms with Gasteiger partial charge < -0.3 is 5.32 Å². The number of rotatable bonds is 5. The first-order chi connectivity index (χ1) is 12.8. The van der Waals surface area contributed by atoms with Crippen LogP contribution in [0.25, 0.3) is 5.69 Å². The maximum Gasteiger partial charge on any atom is 0.416 e. The van der Waals surface area contributed by atoms with Gasteiger partial charge in [-0.2, -0.15) is 18.3 Å². The SMILES string of the molecule is C[C@H](NC(=O)Cc1ccc(C(F)(F)F)cc1)c1ccc(-n2cncn2)cc1. The minimum absolute atomic E-state index is 0.0134. The van der Waals surface area contributed by atoms with Crippen molar-refractivity contribution >= 4 is 5.91 Å². The molecule has 1 amide bonds. The molecular formula is C19H17F3N4O. The predicted octanol–water partition coefficient (Wildman–Crippen LogP) is 3.71. The first-order valence-corrected chi connectivity index (χ1v) is 8.23. The van der Waals surface area contributed by atoms with Gasteiger partial charge in [0, 0.05) is 0 Å². The van der Waals surface area contributed by atoms with E-state index in [-0.39, 0.29) is 18.4 Å². The number of benzene rings is 2. The van der Waals surface area contributed by atoms with Crippen molar-refractivity contribution in [3.63, 3.8) is 0 Å². The van der Waals surface area contributed by atoms with Crippen LogP contribution in [0.3, 0.4) is 0 Å². The Bertz CT molecular complexity index is 888. The molecule has 140 valence electrons. The third kappa shape index (κ3) is 4.72. The van der Waals surface area contributed by atoms with Crippen LogP contribution in [0.15, 0.2) is 61.2 Å². The number of amides is 1. The monoisotopic (exact) mass is 374 g/mol. The van der Waals surface area contributed by atoms with Crippen molar-refractivity contribution in [2.75, 3.05) is 0 Å². The van der Waals surface area contributed by atoms with E-state index in [0.29, 0.717) is 5.56 Å². The molecule has 1 aromatic heterocycles. The Morgan fingerprint density at radius 3 is 2.33 bits per heavy atom. The molecule has 0 aliphatic heterocycles. The molecule has 0 fully saturated rings. The van der Waals surface area contributed by atoms with Crippen molar-refractivity contribution in [2.45, 2.75) is 25.6 Å². The number of nitrogens with one attached hydrogen (secondary N) is 1. The summed E-state index contributed by atoms with van der Waals surface area (Å²) in [6.45, 7) is 1.84. The van der Waals surface area contributed by atoms with Gasteiger partial charge in [-0.3, -0.25) is 4.79 Å². The summed E-state index contributed by atoms with van der Waals surface area (Å²) in [5, 5.41) is 6.89. The molecule has 0 saturated carbocycles. The molecule has 1 atom stereocenters. The molecule has 0 aliphatic carbocycles. The second-order valence-corrected chi connectivity index (χ2v) is 6.09. The summed E-state index contributed by atoms with van der Waals surface area (Å²) in [6, 6.07) is 11.8. The molecule has 0 spiro atoms. The molecule has 0 saturated heterocycles. The van der Waals surface area contributed by atoms with Crippen LogP contribution in [0, 0.1) is 0 Å². The van der Waals surface area contributed by atoms with Gasteiger partial charge in [-0.05, 0) is 42.3 Å². The van der Waals surface area contributed by atoms with Crippen LogP contribution in [0.5, 0.6) is 0 Å². The third-order valence-electron chi connectivity index (χ3n) is 4.10. The van der Waals surface area contributed by atoms with Crippen LogP contribution in [-0.2, 0) is 17.4 Å². The number of aromatic nitrogens is 3. The van der Waals surface area contributed by atoms with Crippen LogP contribution in [0.4, 0.5) is 13.2 Å². The van der Waals surface area contributed by atoms with Crippen molar-refractivity contribution in [1.82, 2.24) is 20.1 Å². The predicted molar refractivity (Wildman–Crippen MR) is 93.1 cm³/mol. The van der Waals surface area contributed by atoms with E-state index < -0.39 is 11.7 Å². The average Bonchev–Trinajstić information content (AvgIpc) is 3.16. The number of alkyl halides is 3. The maximum atomic E-state index is 12.6. The molecule has 1 heterocycles. The summed E-state index contributed by atoms with van der Waals surface area (Å²) in [6.07, 6.45) is -1.34. The zero-order valence-corrected chi connectivity index (χ0v) is 14.4. The van der Waals surface area contributed by atoms with E-state index in [1.165, 1.54) is 18.5 Å². The van der Waals surface area contributed by atoms with E-state index in [2.05, 4.69) is 15.4 Å². The number of carbonyl (C=O) groups excluding carboxylic acids is 1. The Balaban J connectivity index is 1.59. The molecular weight excluding hydrogens is 357 g/mol. The van der Waals surface area contributed by atoms with E-state index >= 15 is 0 Å². The topological polar surface area (TPSA) is 59.8 Å². The number of hydrogen-bond acceptors (Lipinski definition) is 3. The van der Waals surface area contributed by atoms with E-state index in [1.807, 2.05) is 31.2 Å². The minimum Gasteiger partial charge on any atom is -0.349 e. The Morgan fingerprint density at radius 1 is 1.11 bits per heavy atom. The lowest BCUT2D eigenvalue weighted by molar-refractivity contribution is -0.137. The quantitative estimate of drug-likeness (QED) is 0.741. The molecule has 3 rings (SSSR count). The highest BCUT2D eigenvalue weighted by Gasteiger charge is 2.29. The van der Waals surface area contributed by atoms with Crippen molar-refractivity contribution < 1.29 is 18.0 Å². The van der Waals surface area contributed by atoms with Gasteiger partial charge in [0.05, 0.1) is 23.7 Å². The Hall–Kier alpha value is -3.16. The zero-order chi connectivity index (χ0) is 19.4. The van der Waals surface area contributed by atoms with Crippen molar-refractivity contribution in [1.29, 1.82) is 0 Å². The average molecular weight is 374 g/mol. The number of hydrogen-bond donors (Lipinski definition) is 1. The van der Waals surface area contributed by atoms with Gasteiger partial charge in [0.25, 0.3) is 0 Å². The smallest absolute Gasteiger partial charge is 0.349 e. The van der Waals surface area contributed by atoms with Crippen LogP contribution < -0.4 is 5.32 Å². The van der Waals surface area contributed by atoms with Crippen LogP contribution >= 0.6 is 0 Å². The maximum absolute atomic E-state index is 12.6. The van der Waals surface area contributed by atoms with Crippen LogP contribution in [0.1, 0.15) is 29.7 Å². The number of halogens is 3. The third-order valence-corrected chi connectivity index (χ3v) is 4.10. The van der Waals surface area contributed by atoms with Gasteiger partial charge >= 0.3 is 6.18 Å². The lowest BCUT2D eigenvalue weighted by Gasteiger charge is -2.15. The summed E-state index contributed by atoms with van der Waals surface area (Å²) >= 11 is 0. The molecule has 2 aromatic carbocycles. The highest BCUT2D eigenvalue weighted by Crippen LogP contribution is 2.29. The lowest BCUT2D eigenvalue weighted by atomic mass is 10.1. The second kappa shape index (κ2) is 7.61. The van der Waals surface area contributed by atoms with Crippen molar-refractivity contribution in [3.05, 3.63) is 77.9 Å². The van der Waals surface area contributed by atoms with Gasteiger partial charge in [0.1, 0.15) is 12.7 Å². The summed E-state index contributed by atoms with van der Waals surface area (Å²) < 4.78 is 39.3. The molecule has 0 aliphatic rings. The van der Waals surface area contributed by atoms with Gasteiger partial charge in [-0.25, -0.2) is 9.67 Å². The van der Waals surface area contributed by atoms with Gasteiger partial charge in [-0.1, -0.05) is 24.3 Å². The van der Waals surface area contributed by atoms with Crippen LogP contribution in [0.2, 0.25) is 0 Å². The van der Waals surface area contributed by atoms with Gasteiger partial charge in [0.2, 0.25) is 5.91 Å². The minimum atomic E-state index is -4.38. The normalized spacial score (nSPS) is 12.6. The molecule has 3 aromatic rings. The Morgan fingerprint density at radius 2 is 1.78 bits per heavy atom. The molecule has 0 unspecified atom stereocenters. The highest BCUT2D eigenvalue weighted by atomic mass is 19.4. The standard InChI is InChI=1S/C19H17F3N4O/c1-13(15-4-8-17(9-5-15)26-12-23-11-24-26)25-18(27)10-14-2-6-16(7-3-14)19(20,21)22/h2-9,11-13H,10H2,1H3,(H,25,27)/t13-/m0/s1. The number of nitrogens with zero attached hydrogens (tertiary/aromatic N) is 3. The van der Waals surface area contributed by atoms with E-state index in [9.17, 15) is 18.0 Å². The van der Waals surface area contributed by atoms with Gasteiger partial charge in [0.15, 0.2) is 0 Å². The van der Waals surface area contributed by atoms with E-state index in [1.54, 1.807) is 11.0 Å². The molecule has 8 heteroatoms. The molecule has 1 N–H and O–H groups in total. The van der Waals surface area contributed by atoms with E-state index in [0.717, 1.165) is 23.4 Å². The summed E-state index contributed by atoms with van der Waals surface area (Å²) in [5.74, 6) is -0.261. The van der Waals surface area contributed by atoms with Crippen molar-refractivity contribution in [3.8, 4) is 5.69 Å². The van der Waals surface area contributed by atoms with Crippen LogP contribution in [-0.4, -0.2) is 20.7 Å². The molecule has 5 nitrogen and oxygen atoms in total. The Kier molecular flexibility index (Phi) is 5.25. The first-order valence-electron chi connectivity index (χ1n) is 8.23. The lowest BCUT2D eigenvalue weighted by Crippen LogP contribution is -2.28. The van der Waals surface area contributed by atoms with Gasteiger partial charge in [-0.15, -0.1) is 0 Å². The van der Waals surface area contributed by atoms with Crippen molar-refractivity contribution in [2.24, 2.45) is 0 Å². The molecule has 27 heavy (non-hydrogen) atoms. The first kappa shape index (κ1) is 18.6. The number of carbonyl (C=O) groups is 1. The highest BCUT2D eigenvalue weighted by molar-refractivity contribution is 5.79. The Labute approximate surface area is 153 Å². The largest absolute Gasteiger partial charge is 0.416 e. The fourth-order valence-corrected chi connectivity index (χ4v) is 2.63. The molecule has 0 radical (unpaired) electrons.